The largest absolute Gasteiger partial charge is 0.481 e. The molecule has 4 N–H and O–H groups in total. The number of carbonyl (C=O) groups excluding carboxylic acids is 1. The molecular formula is C12H20N4O3. The number of hydrogen-bond donors (Lipinski definition) is 4. The first-order valence-corrected chi connectivity index (χ1v) is 6.23. The molecule has 0 fully saturated rings. The number of nitrogens with zero attached hydrogens (tertiary/aromatic N) is 1. The topological polar surface area (TPSA) is 107 Å². The number of H-pyrrole nitrogens is 1. The Labute approximate surface area is 111 Å². The fourth-order valence-corrected chi connectivity index (χ4v) is 1.60. The van der Waals surface area contributed by atoms with Gasteiger partial charge in [-0.3, -0.25) is 4.79 Å². The van der Waals surface area contributed by atoms with Crippen molar-refractivity contribution in [2.75, 3.05) is 13.1 Å². The molecule has 1 rings (SSSR count). The molecule has 0 spiro atoms. The summed E-state index contributed by atoms with van der Waals surface area (Å²) in [5.41, 5.74) is 0. The molecule has 19 heavy (non-hydrogen) atoms. The maximum Gasteiger partial charge on any atom is 0.314 e. The van der Waals surface area contributed by atoms with E-state index < -0.39 is 11.9 Å². The van der Waals surface area contributed by atoms with Crippen LogP contribution in [0.25, 0.3) is 0 Å². The second-order valence-corrected chi connectivity index (χ2v) is 4.61. The van der Waals surface area contributed by atoms with E-state index in [0.717, 1.165) is 5.82 Å². The van der Waals surface area contributed by atoms with Crippen LogP contribution in [0.3, 0.4) is 0 Å². The molecule has 0 saturated carbocycles. The van der Waals surface area contributed by atoms with Crippen LogP contribution in [-0.4, -0.2) is 40.2 Å². The van der Waals surface area contributed by atoms with Crippen molar-refractivity contribution in [3.63, 3.8) is 0 Å². The molecule has 1 atom stereocenters. The normalized spacial score (nSPS) is 12.2. The first kappa shape index (κ1) is 15.0. The molecule has 1 aromatic heterocycles. The Morgan fingerprint density at radius 2 is 2.16 bits per heavy atom. The van der Waals surface area contributed by atoms with E-state index >= 15 is 0 Å². The third-order valence-electron chi connectivity index (χ3n) is 2.81. The predicted octanol–water partition coefficient (Wildman–Crippen LogP) is 0.608. The summed E-state index contributed by atoms with van der Waals surface area (Å²) < 4.78 is 0. The van der Waals surface area contributed by atoms with Crippen LogP contribution < -0.4 is 10.6 Å². The van der Waals surface area contributed by atoms with Crippen LogP contribution in [0.1, 0.15) is 19.7 Å². The molecule has 7 heteroatoms. The van der Waals surface area contributed by atoms with Crippen molar-refractivity contribution in [1.29, 1.82) is 0 Å². The maximum atomic E-state index is 11.5. The Morgan fingerprint density at radius 1 is 1.42 bits per heavy atom. The minimum atomic E-state index is -0.897. The second-order valence-electron chi connectivity index (χ2n) is 4.61. The molecular weight excluding hydrogens is 248 g/mol. The Kier molecular flexibility index (Phi) is 5.84. The first-order chi connectivity index (χ1) is 9.00. The zero-order valence-corrected chi connectivity index (χ0v) is 11.1. The molecule has 0 radical (unpaired) electrons. The van der Waals surface area contributed by atoms with Gasteiger partial charge in [-0.05, 0) is 5.92 Å². The van der Waals surface area contributed by atoms with Crippen molar-refractivity contribution >= 4 is 12.0 Å². The number of carboxylic acids is 1. The van der Waals surface area contributed by atoms with Crippen molar-refractivity contribution in [3.05, 3.63) is 18.2 Å². The Bertz CT molecular complexity index is 403. The van der Waals surface area contributed by atoms with Crippen LogP contribution in [0.2, 0.25) is 0 Å². The van der Waals surface area contributed by atoms with E-state index in [4.69, 9.17) is 5.11 Å². The number of amides is 2. The average molecular weight is 268 g/mol. The number of aliphatic carboxylic acids is 1. The molecule has 106 valence electrons. The molecule has 7 nitrogen and oxygen atoms in total. The number of imidazole rings is 1. The number of urea groups is 1. The van der Waals surface area contributed by atoms with Gasteiger partial charge in [0.05, 0.1) is 5.92 Å². The van der Waals surface area contributed by atoms with E-state index in [9.17, 15) is 9.59 Å². The monoisotopic (exact) mass is 268 g/mol. The van der Waals surface area contributed by atoms with Gasteiger partial charge >= 0.3 is 12.0 Å². The number of carboxylic acid groups (broad SMARTS) is 1. The van der Waals surface area contributed by atoms with Gasteiger partial charge in [-0.25, -0.2) is 9.78 Å². The van der Waals surface area contributed by atoms with Gasteiger partial charge in [0.1, 0.15) is 5.82 Å². The zero-order chi connectivity index (χ0) is 14.3. The van der Waals surface area contributed by atoms with Crippen molar-refractivity contribution in [2.45, 2.75) is 20.3 Å². The van der Waals surface area contributed by atoms with Crippen LogP contribution in [0.4, 0.5) is 4.79 Å². The number of rotatable bonds is 7. The number of aromatic nitrogens is 2. The smallest absolute Gasteiger partial charge is 0.314 e. The van der Waals surface area contributed by atoms with Gasteiger partial charge in [0.15, 0.2) is 0 Å². The highest BCUT2D eigenvalue weighted by atomic mass is 16.4. The molecule has 1 unspecified atom stereocenters. The van der Waals surface area contributed by atoms with Crippen LogP contribution in [0.15, 0.2) is 12.4 Å². The summed E-state index contributed by atoms with van der Waals surface area (Å²) in [6.45, 7) is 4.20. The lowest BCUT2D eigenvalue weighted by atomic mass is 9.96. The van der Waals surface area contributed by atoms with E-state index in [1.807, 2.05) is 13.8 Å². The molecule has 2 amide bonds. The van der Waals surface area contributed by atoms with Crippen molar-refractivity contribution in [2.24, 2.45) is 11.8 Å². The van der Waals surface area contributed by atoms with E-state index in [1.165, 1.54) is 0 Å². The van der Waals surface area contributed by atoms with Gasteiger partial charge in [-0.2, -0.15) is 0 Å². The molecule has 0 aliphatic carbocycles. The van der Waals surface area contributed by atoms with Crippen LogP contribution >= 0.6 is 0 Å². The van der Waals surface area contributed by atoms with Crippen LogP contribution in [0, 0.1) is 11.8 Å². The second kappa shape index (κ2) is 7.40. The quantitative estimate of drug-likeness (QED) is 0.581. The minimum absolute atomic E-state index is 0.0269. The SMILES string of the molecule is CC(C)C(CNC(=O)NCCc1ncc[nH]1)C(=O)O. The van der Waals surface area contributed by atoms with Gasteiger partial charge in [0, 0.05) is 31.9 Å². The summed E-state index contributed by atoms with van der Waals surface area (Å²) in [5, 5.41) is 14.2. The minimum Gasteiger partial charge on any atom is -0.481 e. The zero-order valence-electron chi connectivity index (χ0n) is 11.1. The van der Waals surface area contributed by atoms with Gasteiger partial charge < -0.3 is 20.7 Å². The summed E-state index contributed by atoms with van der Waals surface area (Å²) in [7, 11) is 0. The van der Waals surface area contributed by atoms with Gasteiger partial charge in [-0.1, -0.05) is 13.8 Å². The number of carbonyl (C=O) groups is 2. The highest BCUT2D eigenvalue weighted by Crippen LogP contribution is 2.09. The highest BCUT2D eigenvalue weighted by molar-refractivity contribution is 5.75. The first-order valence-electron chi connectivity index (χ1n) is 6.23. The Hall–Kier alpha value is -2.05. The Morgan fingerprint density at radius 3 is 2.68 bits per heavy atom. The lowest BCUT2D eigenvalue weighted by molar-refractivity contribution is -0.142. The van der Waals surface area contributed by atoms with E-state index in [2.05, 4.69) is 20.6 Å². The van der Waals surface area contributed by atoms with Gasteiger partial charge in [0.25, 0.3) is 0 Å². The van der Waals surface area contributed by atoms with Gasteiger partial charge in [0.2, 0.25) is 0 Å². The van der Waals surface area contributed by atoms with Gasteiger partial charge in [-0.15, -0.1) is 0 Å². The number of aromatic amines is 1. The van der Waals surface area contributed by atoms with E-state index in [0.29, 0.717) is 13.0 Å². The third-order valence-corrected chi connectivity index (χ3v) is 2.81. The molecule has 0 aliphatic heterocycles. The summed E-state index contributed by atoms with van der Waals surface area (Å²) in [6.07, 6.45) is 3.97. The molecule has 0 saturated heterocycles. The molecule has 0 aliphatic rings. The molecule has 1 heterocycles. The Balaban J connectivity index is 2.22. The van der Waals surface area contributed by atoms with Crippen molar-refractivity contribution in [3.8, 4) is 0 Å². The fourth-order valence-electron chi connectivity index (χ4n) is 1.60. The summed E-state index contributed by atoms with van der Waals surface area (Å²) in [5.74, 6) is -0.700. The maximum absolute atomic E-state index is 11.5. The van der Waals surface area contributed by atoms with E-state index in [-0.39, 0.29) is 18.5 Å². The van der Waals surface area contributed by atoms with Crippen molar-refractivity contribution in [1.82, 2.24) is 20.6 Å². The lowest BCUT2D eigenvalue weighted by Gasteiger charge is -2.16. The highest BCUT2D eigenvalue weighted by Gasteiger charge is 2.21. The average Bonchev–Trinajstić information content (AvgIpc) is 2.81. The molecule has 1 aromatic rings. The molecule has 0 bridgehead atoms. The number of hydrogen-bond acceptors (Lipinski definition) is 3. The standard InChI is InChI=1S/C12H20N4O3/c1-8(2)9(11(17)18)7-16-12(19)15-4-3-10-13-5-6-14-10/h5-6,8-9H,3-4,7H2,1-2H3,(H,13,14)(H,17,18)(H2,15,16,19). The summed E-state index contributed by atoms with van der Waals surface area (Å²) in [6, 6.07) is -0.363. The van der Waals surface area contributed by atoms with E-state index in [1.54, 1.807) is 12.4 Å². The third kappa shape index (κ3) is 5.41. The fraction of sp³-hybridized carbons (Fsp3) is 0.583. The summed E-state index contributed by atoms with van der Waals surface area (Å²) in [4.78, 5) is 29.4. The predicted molar refractivity (Wildman–Crippen MR) is 69.7 cm³/mol. The molecule has 0 aromatic carbocycles. The van der Waals surface area contributed by atoms with Crippen LogP contribution in [0.5, 0.6) is 0 Å². The number of nitrogens with one attached hydrogen (secondary N) is 3. The summed E-state index contributed by atoms with van der Waals surface area (Å²) >= 11 is 0. The lowest BCUT2D eigenvalue weighted by Crippen LogP contribution is -2.41. The van der Waals surface area contributed by atoms with Crippen LogP contribution in [-0.2, 0) is 11.2 Å². The van der Waals surface area contributed by atoms with Crippen molar-refractivity contribution < 1.29 is 14.7 Å².